The van der Waals surface area contributed by atoms with Gasteiger partial charge in [0.25, 0.3) is 0 Å². The van der Waals surface area contributed by atoms with Crippen molar-refractivity contribution in [2.75, 3.05) is 0 Å². The molecule has 2 aromatic heterocycles. The van der Waals surface area contributed by atoms with Gasteiger partial charge in [0.2, 0.25) is 0 Å². The van der Waals surface area contributed by atoms with E-state index in [9.17, 15) is 0 Å². The molecule has 0 saturated heterocycles. The summed E-state index contributed by atoms with van der Waals surface area (Å²) in [7, 11) is 0. The van der Waals surface area contributed by atoms with Crippen LogP contribution in [0.4, 0.5) is 0 Å². The molecule has 23 heavy (non-hydrogen) atoms. The molecule has 0 radical (unpaired) electrons. The summed E-state index contributed by atoms with van der Waals surface area (Å²) in [5.41, 5.74) is 4.96. The van der Waals surface area contributed by atoms with E-state index in [-0.39, 0.29) is 0 Å². The Kier molecular flexibility index (Phi) is 3.45. The largest absolute Gasteiger partial charge is 0.255 e. The Morgan fingerprint density at radius 1 is 0.652 bits per heavy atom. The van der Waals surface area contributed by atoms with E-state index in [1.165, 1.54) is 0 Å². The molecule has 4 aromatic rings. The molecule has 0 saturated carbocycles. The van der Waals surface area contributed by atoms with Crippen molar-refractivity contribution in [1.29, 1.82) is 0 Å². The Labute approximate surface area is 134 Å². The summed E-state index contributed by atoms with van der Waals surface area (Å²) in [6.45, 7) is 0. The lowest BCUT2D eigenvalue weighted by atomic mass is 10.1. The molecule has 0 spiro atoms. The first-order valence-corrected chi connectivity index (χ1v) is 7.54. The van der Waals surface area contributed by atoms with Crippen LogP contribution < -0.4 is 0 Å². The van der Waals surface area contributed by atoms with E-state index in [1.54, 1.807) is 6.20 Å². The molecule has 0 amide bonds. The summed E-state index contributed by atoms with van der Waals surface area (Å²) in [5, 5.41) is 4.78. The molecule has 2 heterocycles. The van der Waals surface area contributed by atoms with Crippen LogP contribution in [0.2, 0.25) is 0 Å². The standard InChI is InChI=1S/C20H15N3/c1-3-9-16(10-4-1)20-15-19(18-13-7-8-14-21-18)22-23(20)17-11-5-2-6-12-17/h1-15H. The Morgan fingerprint density at radius 2 is 1.35 bits per heavy atom. The van der Waals surface area contributed by atoms with Crippen molar-refractivity contribution in [3.63, 3.8) is 0 Å². The molecule has 0 aliphatic rings. The van der Waals surface area contributed by atoms with E-state index >= 15 is 0 Å². The van der Waals surface area contributed by atoms with Crippen molar-refractivity contribution in [2.45, 2.75) is 0 Å². The van der Waals surface area contributed by atoms with Crippen LogP contribution in [0.3, 0.4) is 0 Å². The molecule has 2 aromatic carbocycles. The van der Waals surface area contributed by atoms with E-state index in [0.29, 0.717) is 0 Å². The minimum Gasteiger partial charge on any atom is -0.255 e. The number of nitrogens with zero attached hydrogens (tertiary/aromatic N) is 3. The van der Waals surface area contributed by atoms with E-state index in [0.717, 1.165) is 28.3 Å². The van der Waals surface area contributed by atoms with Gasteiger partial charge in [0.1, 0.15) is 5.69 Å². The molecule has 0 aliphatic heterocycles. The van der Waals surface area contributed by atoms with E-state index in [2.05, 4.69) is 35.3 Å². The number of hydrogen-bond acceptors (Lipinski definition) is 2. The average Bonchev–Trinajstić information content (AvgIpc) is 3.09. The molecular formula is C20H15N3. The maximum absolute atomic E-state index is 4.78. The lowest BCUT2D eigenvalue weighted by Crippen LogP contribution is -1.98. The average molecular weight is 297 g/mol. The molecule has 3 nitrogen and oxygen atoms in total. The fourth-order valence-electron chi connectivity index (χ4n) is 2.60. The van der Waals surface area contributed by atoms with Crippen LogP contribution in [-0.2, 0) is 0 Å². The molecule has 110 valence electrons. The Hall–Kier alpha value is -3.20. The fraction of sp³-hybridized carbons (Fsp3) is 0. The second kappa shape index (κ2) is 5.89. The third-order valence-electron chi connectivity index (χ3n) is 3.71. The minimum absolute atomic E-state index is 0.869. The zero-order valence-electron chi connectivity index (χ0n) is 12.5. The van der Waals surface area contributed by atoms with Crippen LogP contribution >= 0.6 is 0 Å². The SMILES string of the molecule is c1ccc(-c2cc(-c3ccccn3)nn2-c2ccccc2)cc1. The second-order valence-electron chi connectivity index (χ2n) is 5.24. The van der Waals surface area contributed by atoms with E-state index in [4.69, 9.17) is 5.10 Å². The van der Waals surface area contributed by atoms with Crippen LogP contribution in [0.25, 0.3) is 28.3 Å². The Bertz CT molecular complexity index is 841. The van der Waals surface area contributed by atoms with Crippen molar-refractivity contribution in [3.8, 4) is 28.3 Å². The highest BCUT2D eigenvalue weighted by Gasteiger charge is 2.13. The Morgan fingerprint density at radius 3 is 2.04 bits per heavy atom. The van der Waals surface area contributed by atoms with Gasteiger partial charge in [0.15, 0.2) is 0 Å². The molecule has 3 heteroatoms. The van der Waals surface area contributed by atoms with E-state index < -0.39 is 0 Å². The third kappa shape index (κ3) is 2.64. The number of rotatable bonds is 3. The van der Waals surface area contributed by atoms with Gasteiger partial charge in [-0.3, -0.25) is 4.98 Å². The van der Waals surface area contributed by atoms with Gasteiger partial charge in [-0.05, 0) is 30.3 Å². The molecule has 0 atom stereocenters. The predicted molar refractivity (Wildman–Crippen MR) is 92.2 cm³/mol. The number of para-hydroxylation sites is 1. The zero-order chi connectivity index (χ0) is 15.5. The molecule has 0 aliphatic carbocycles. The van der Waals surface area contributed by atoms with Gasteiger partial charge in [-0.15, -0.1) is 0 Å². The smallest absolute Gasteiger partial charge is 0.112 e. The molecule has 0 bridgehead atoms. The summed E-state index contributed by atoms with van der Waals surface area (Å²) < 4.78 is 1.97. The topological polar surface area (TPSA) is 30.7 Å². The number of aromatic nitrogens is 3. The maximum Gasteiger partial charge on any atom is 0.112 e. The Balaban J connectivity index is 1.91. The monoisotopic (exact) mass is 297 g/mol. The maximum atomic E-state index is 4.78. The first-order valence-electron chi connectivity index (χ1n) is 7.54. The van der Waals surface area contributed by atoms with Gasteiger partial charge < -0.3 is 0 Å². The fourth-order valence-corrected chi connectivity index (χ4v) is 2.60. The zero-order valence-corrected chi connectivity index (χ0v) is 12.5. The molecule has 4 rings (SSSR count). The summed E-state index contributed by atoms with van der Waals surface area (Å²) in [4.78, 5) is 4.41. The lowest BCUT2D eigenvalue weighted by Gasteiger charge is -2.07. The van der Waals surface area contributed by atoms with Crippen molar-refractivity contribution in [1.82, 2.24) is 14.8 Å². The van der Waals surface area contributed by atoms with Crippen LogP contribution in [0.1, 0.15) is 0 Å². The molecular weight excluding hydrogens is 282 g/mol. The highest BCUT2D eigenvalue weighted by Crippen LogP contribution is 2.27. The molecule has 0 fully saturated rings. The van der Waals surface area contributed by atoms with Gasteiger partial charge >= 0.3 is 0 Å². The van der Waals surface area contributed by atoms with Crippen molar-refractivity contribution >= 4 is 0 Å². The molecule has 0 N–H and O–H groups in total. The summed E-state index contributed by atoms with van der Waals surface area (Å²) in [6.07, 6.45) is 1.79. The minimum atomic E-state index is 0.869. The van der Waals surface area contributed by atoms with Crippen molar-refractivity contribution < 1.29 is 0 Å². The van der Waals surface area contributed by atoms with Crippen LogP contribution in [0.5, 0.6) is 0 Å². The summed E-state index contributed by atoms with van der Waals surface area (Å²) >= 11 is 0. The number of pyridine rings is 1. The highest BCUT2D eigenvalue weighted by atomic mass is 15.3. The first-order chi connectivity index (χ1) is 11.4. The van der Waals surface area contributed by atoms with Crippen LogP contribution in [0.15, 0.2) is 91.1 Å². The van der Waals surface area contributed by atoms with Gasteiger partial charge in [-0.1, -0.05) is 54.6 Å². The first kappa shape index (κ1) is 13.5. The summed E-state index contributed by atoms with van der Waals surface area (Å²) in [5.74, 6) is 0. The van der Waals surface area contributed by atoms with Crippen LogP contribution in [0, 0.1) is 0 Å². The molecule has 0 unspecified atom stereocenters. The van der Waals surface area contributed by atoms with E-state index in [1.807, 2.05) is 59.3 Å². The van der Waals surface area contributed by atoms with Gasteiger partial charge in [-0.25, -0.2) is 4.68 Å². The number of hydrogen-bond donors (Lipinski definition) is 0. The normalized spacial score (nSPS) is 10.6. The van der Waals surface area contributed by atoms with Gasteiger partial charge in [0, 0.05) is 11.8 Å². The van der Waals surface area contributed by atoms with Gasteiger partial charge in [0.05, 0.1) is 17.1 Å². The van der Waals surface area contributed by atoms with Gasteiger partial charge in [-0.2, -0.15) is 5.10 Å². The lowest BCUT2D eigenvalue weighted by molar-refractivity contribution is 0.890. The summed E-state index contributed by atoms with van der Waals surface area (Å²) in [6, 6.07) is 28.4. The van der Waals surface area contributed by atoms with Crippen LogP contribution in [-0.4, -0.2) is 14.8 Å². The second-order valence-corrected chi connectivity index (χ2v) is 5.24. The number of benzene rings is 2. The van der Waals surface area contributed by atoms with Crippen molar-refractivity contribution in [3.05, 3.63) is 91.1 Å². The third-order valence-corrected chi connectivity index (χ3v) is 3.71. The quantitative estimate of drug-likeness (QED) is 0.553. The van der Waals surface area contributed by atoms with Crippen molar-refractivity contribution in [2.24, 2.45) is 0 Å². The predicted octanol–water partition coefficient (Wildman–Crippen LogP) is 4.60. The highest BCUT2D eigenvalue weighted by molar-refractivity contribution is 5.68.